The van der Waals surface area contributed by atoms with Crippen LogP contribution in [0.1, 0.15) is 38.2 Å². The summed E-state index contributed by atoms with van der Waals surface area (Å²) in [5.41, 5.74) is 1.42. The zero-order valence-electron chi connectivity index (χ0n) is 10.6. The highest BCUT2D eigenvalue weighted by molar-refractivity contribution is 5.19. The van der Waals surface area contributed by atoms with E-state index < -0.39 is 0 Å². The Morgan fingerprint density at radius 2 is 1.94 bits per heavy atom. The molecule has 0 aliphatic heterocycles. The average molecular weight is 218 g/mol. The second-order valence-electron chi connectivity index (χ2n) is 4.32. The molecule has 0 spiro atoms. The molecule has 1 heteroatoms. The van der Waals surface area contributed by atoms with Crippen molar-refractivity contribution in [2.45, 2.75) is 32.6 Å². The average Bonchev–Trinajstić information content (AvgIpc) is 2.35. The van der Waals surface area contributed by atoms with Gasteiger partial charge in [-0.1, -0.05) is 50.8 Å². The first-order valence-corrected chi connectivity index (χ1v) is 5.96. The number of allylic oxidation sites excluding steroid dienone is 1. The topological polar surface area (TPSA) is 9.23 Å². The molecule has 0 radical (unpaired) electrons. The predicted octanol–water partition coefficient (Wildman–Crippen LogP) is 4.37. The molecule has 0 aliphatic carbocycles. The van der Waals surface area contributed by atoms with Crippen molar-refractivity contribution in [1.29, 1.82) is 0 Å². The molecular weight excluding hydrogens is 196 g/mol. The van der Waals surface area contributed by atoms with Gasteiger partial charge in [0.1, 0.15) is 0 Å². The van der Waals surface area contributed by atoms with Crippen LogP contribution in [-0.4, -0.2) is 7.11 Å². The van der Waals surface area contributed by atoms with Crippen molar-refractivity contribution >= 4 is 0 Å². The molecular formula is C15H22O. The van der Waals surface area contributed by atoms with Gasteiger partial charge in [-0.25, -0.2) is 0 Å². The molecule has 0 bridgehead atoms. The van der Waals surface area contributed by atoms with Crippen LogP contribution in [0.5, 0.6) is 0 Å². The number of methoxy groups -OCH3 is 1. The van der Waals surface area contributed by atoms with Crippen LogP contribution in [0.3, 0.4) is 0 Å². The maximum absolute atomic E-state index is 5.20. The van der Waals surface area contributed by atoms with E-state index in [1.54, 1.807) is 7.11 Å². The van der Waals surface area contributed by atoms with Gasteiger partial charge in [-0.2, -0.15) is 0 Å². The minimum absolute atomic E-state index is 0.412. The van der Waals surface area contributed by atoms with Crippen molar-refractivity contribution in [3.8, 4) is 0 Å². The summed E-state index contributed by atoms with van der Waals surface area (Å²) in [6, 6.07) is 10.7. The van der Waals surface area contributed by atoms with Crippen molar-refractivity contribution in [1.82, 2.24) is 0 Å². The van der Waals surface area contributed by atoms with E-state index in [1.165, 1.54) is 5.56 Å². The van der Waals surface area contributed by atoms with Gasteiger partial charge in [0.05, 0.1) is 12.9 Å². The summed E-state index contributed by atoms with van der Waals surface area (Å²) in [4.78, 5) is 0. The summed E-state index contributed by atoms with van der Waals surface area (Å²) in [5, 5.41) is 0. The van der Waals surface area contributed by atoms with Crippen molar-refractivity contribution < 1.29 is 4.74 Å². The lowest BCUT2D eigenvalue weighted by Gasteiger charge is -2.21. The molecule has 0 amide bonds. The molecule has 1 aromatic carbocycles. The number of rotatable bonds is 6. The molecule has 0 saturated heterocycles. The van der Waals surface area contributed by atoms with Gasteiger partial charge in [0.15, 0.2) is 0 Å². The Labute approximate surface area is 99.1 Å². The van der Waals surface area contributed by atoms with Crippen molar-refractivity contribution in [2.75, 3.05) is 7.11 Å². The second kappa shape index (κ2) is 6.37. The Morgan fingerprint density at radius 3 is 2.44 bits per heavy atom. The molecule has 1 rings (SSSR count). The Morgan fingerprint density at radius 1 is 1.31 bits per heavy atom. The van der Waals surface area contributed by atoms with Crippen LogP contribution in [-0.2, 0) is 4.74 Å². The Bertz CT molecular complexity index is 315. The second-order valence-corrected chi connectivity index (χ2v) is 4.32. The van der Waals surface area contributed by atoms with E-state index in [2.05, 4.69) is 50.8 Å². The molecule has 2 atom stereocenters. The van der Waals surface area contributed by atoms with Gasteiger partial charge in [0, 0.05) is 5.92 Å². The highest BCUT2D eigenvalue weighted by Crippen LogP contribution is 2.29. The highest BCUT2D eigenvalue weighted by atomic mass is 16.5. The van der Waals surface area contributed by atoms with Gasteiger partial charge in [-0.05, 0) is 24.3 Å². The third kappa shape index (κ3) is 3.41. The molecule has 0 N–H and O–H groups in total. The standard InChI is InChI=1S/C15H22O/c1-5-14(11-12(2)13(3)16-4)15-9-7-6-8-10-15/h6-10,12,14H,3,5,11H2,1-2,4H3. The minimum atomic E-state index is 0.412. The van der Waals surface area contributed by atoms with Gasteiger partial charge in [0.25, 0.3) is 0 Å². The molecule has 1 nitrogen and oxygen atoms in total. The summed E-state index contributed by atoms with van der Waals surface area (Å²) >= 11 is 0. The van der Waals surface area contributed by atoms with Crippen molar-refractivity contribution in [3.05, 3.63) is 48.2 Å². The number of benzene rings is 1. The van der Waals surface area contributed by atoms with Gasteiger partial charge in [0.2, 0.25) is 0 Å². The first kappa shape index (κ1) is 12.8. The molecule has 1 aromatic rings. The van der Waals surface area contributed by atoms with Crippen molar-refractivity contribution in [2.24, 2.45) is 5.92 Å². The van der Waals surface area contributed by atoms with Gasteiger partial charge in [-0.3, -0.25) is 0 Å². The van der Waals surface area contributed by atoms with E-state index in [1.807, 2.05) is 0 Å². The summed E-state index contributed by atoms with van der Waals surface area (Å²) in [6.45, 7) is 8.35. The van der Waals surface area contributed by atoms with Crippen LogP contribution in [0.25, 0.3) is 0 Å². The zero-order valence-corrected chi connectivity index (χ0v) is 10.6. The largest absolute Gasteiger partial charge is 0.501 e. The molecule has 0 aromatic heterocycles. The summed E-state index contributed by atoms with van der Waals surface area (Å²) in [7, 11) is 1.70. The van der Waals surface area contributed by atoms with Crippen LogP contribution in [0.2, 0.25) is 0 Å². The van der Waals surface area contributed by atoms with Crippen molar-refractivity contribution in [3.63, 3.8) is 0 Å². The quantitative estimate of drug-likeness (QED) is 0.644. The first-order chi connectivity index (χ1) is 7.69. The molecule has 0 aliphatic rings. The minimum Gasteiger partial charge on any atom is -0.501 e. The fourth-order valence-corrected chi connectivity index (χ4v) is 2.02. The number of hydrogen-bond acceptors (Lipinski definition) is 1. The summed E-state index contributed by atoms with van der Waals surface area (Å²) < 4.78 is 5.20. The molecule has 2 unspecified atom stereocenters. The third-order valence-corrected chi connectivity index (χ3v) is 3.21. The van der Waals surface area contributed by atoms with E-state index in [-0.39, 0.29) is 0 Å². The zero-order chi connectivity index (χ0) is 12.0. The molecule has 16 heavy (non-hydrogen) atoms. The van der Waals surface area contributed by atoms with Crippen LogP contribution in [0.4, 0.5) is 0 Å². The monoisotopic (exact) mass is 218 g/mol. The number of ether oxygens (including phenoxy) is 1. The lowest BCUT2D eigenvalue weighted by atomic mass is 9.87. The Hall–Kier alpha value is -1.24. The lowest BCUT2D eigenvalue weighted by Crippen LogP contribution is -2.07. The normalized spacial score (nSPS) is 14.2. The van der Waals surface area contributed by atoms with Crippen LogP contribution in [0, 0.1) is 5.92 Å². The molecule has 88 valence electrons. The maximum Gasteiger partial charge on any atom is 0.0912 e. The van der Waals surface area contributed by atoms with Gasteiger partial charge in [-0.15, -0.1) is 0 Å². The maximum atomic E-state index is 5.20. The fourth-order valence-electron chi connectivity index (χ4n) is 2.02. The van der Waals surface area contributed by atoms with E-state index in [0.29, 0.717) is 11.8 Å². The van der Waals surface area contributed by atoms with E-state index in [0.717, 1.165) is 18.6 Å². The Balaban J connectivity index is 2.66. The molecule has 0 saturated carbocycles. The van der Waals surface area contributed by atoms with Crippen LogP contribution < -0.4 is 0 Å². The highest BCUT2D eigenvalue weighted by Gasteiger charge is 2.15. The fraction of sp³-hybridized carbons (Fsp3) is 0.467. The smallest absolute Gasteiger partial charge is 0.0912 e. The van der Waals surface area contributed by atoms with E-state index >= 15 is 0 Å². The van der Waals surface area contributed by atoms with E-state index in [9.17, 15) is 0 Å². The SMILES string of the molecule is C=C(OC)C(C)CC(CC)c1ccccc1. The lowest BCUT2D eigenvalue weighted by molar-refractivity contribution is 0.239. The summed E-state index contributed by atoms with van der Waals surface area (Å²) in [5.74, 6) is 1.90. The molecule has 0 fully saturated rings. The van der Waals surface area contributed by atoms with Crippen LogP contribution in [0.15, 0.2) is 42.7 Å². The van der Waals surface area contributed by atoms with Crippen LogP contribution >= 0.6 is 0 Å². The summed E-state index contributed by atoms with van der Waals surface area (Å²) in [6.07, 6.45) is 2.26. The predicted molar refractivity (Wildman–Crippen MR) is 69.4 cm³/mol. The molecule has 0 heterocycles. The third-order valence-electron chi connectivity index (χ3n) is 3.21. The first-order valence-electron chi connectivity index (χ1n) is 5.96. The van der Waals surface area contributed by atoms with Gasteiger partial charge < -0.3 is 4.74 Å². The number of hydrogen-bond donors (Lipinski definition) is 0. The van der Waals surface area contributed by atoms with Gasteiger partial charge >= 0.3 is 0 Å². The van der Waals surface area contributed by atoms with E-state index in [4.69, 9.17) is 4.74 Å². The Kier molecular flexibility index (Phi) is 5.10.